The Morgan fingerprint density at radius 3 is 2.75 bits per heavy atom. The minimum Gasteiger partial charge on any atom is -0.294 e. The van der Waals surface area contributed by atoms with E-state index in [0.29, 0.717) is 24.8 Å². The number of sulfone groups is 1. The molecule has 0 spiro atoms. The van der Waals surface area contributed by atoms with Gasteiger partial charge in [0, 0.05) is 25.4 Å². The predicted molar refractivity (Wildman–Crippen MR) is 77.5 cm³/mol. The summed E-state index contributed by atoms with van der Waals surface area (Å²) in [5.41, 5.74) is 1.47. The molecule has 112 valence electrons. The Balaban J connectivity index is 2.20. The van der Waals surface area contributed by atoms with Crippen LogP contribution in [0.15, 0.2) is 6.20 Å². The van der Waals surface area contributed by atoms with Gasteiger partial charge in [-0.25, -0.2) is 8.42 Å². The van der Waals surface area contributed by atoms with Gasteiger partial charge in [0.1, 0.15) is 9.84 Å². The SMILES string of the molecule is CCc1nn(C)cc1C(=O)C1CCCC(S(C)(=O)=O)C1. The molecule has 6 heteroatoms. The Hall–Kier alpha value is -1.17. The Morgan fingerprint density at radius 1 is 1.45 bits per heavy atom. The van der Waals surface area contributed by atoms with Crippen LogP contribution in [-0.4, -0.2) is 35.5 Å². The van der Waals surface area contributed by atoms with Crippen LogP contribution < -0.4 is 0 Å². The number of Topliss-reactive ketones (excluding diaryl/α,β-unsaturated/α-hetero) is 1. The van der Waals surface area contributed by atoms with E-state index in [1.807, 2.05) is 6.92 Å². The highest BCUT2D eigenvalue weighted by molar-refractivity contribution is 7.91. The summed E-state index contributed by atoms with van der Waals surface area (Å²) in [7, 11) is -1.26. The minimum absolute atomic E-state index is 0.0586. The highest BCUT2D eigenvalue weighted by atomic mass is 32.2. The highest BCUT2D eigenvalue weighted by Crippen LogP contribution is 2.31. The fraction of sp³-hybridized carbons (Fsp3) is 0.714. The van der Waals surface area contributed by atoms with Crippen LogP contribution in [0.25, 0.3) is 0 Å². The minimum atomic E-state index is -3.06. The zero-order chi connectivity index (χ0) is 14.9. The molecule has 1 aliphatic rings. The van der Waals surface area contributed by atoms with E-state index >= 15 is 0 Å². The molecule has 1 fully saturated rings. The number of carbonyl (C=O) groups excluding carboxylic acids is 1. The summed E-state index contributed by atoms with van der Waals surface area (Å²) in [5.74, 6) is -0.124. The van der Waals surface area contributed by atoms with Crippen molar-refractivity contribution in [2.75, 3.05) is 6.26 Å². The lowest BCUT2D eigenvalue weighted by Crippen LogP contribution is -2.31. The molecule has 0 amide bonds. The van der Waals surface area contributed by atoms with Crippen LogP contribution in [0.5, 0.6) is 0 Å². The second-order valence-corrected chi connectivity index (χ2v) is 8.02. The molecular weight excluding hydrogens is 276 g/mol. The van der Waals surface area contributed by atoms with E-state index in [1.165, 1.54) is 6.26 Å². The largest absolute Gasteiger partial charge is 0.294 e. The van der Waals surface area contributed by atoms with Crippen molar-refractivity contribution in [3.8, 4) is 0 Å². The quantitative estimate of drug-likeness (QED) is 0.794. The molecule has 0 saturated heterocycles. The maximum atomic E-state index is 12.6. The van der Waals surface area contributed by atoms with Crippen LogP contribution in [0.2, 0.25) is 0 Å². The number of rotatable bonds is 4. The van der Waals surface area contributed by atoms with Crippen LogP contribution in [0.3, 0.4) is 0 Å². The molecule has 20 heavy (non-hydrogen) atoms. The number of hydrogen-bond acceptors (Lipinski definition) is 4. The Kier molecular flexibility index (Phi) is 4.32. The average Bonchev–Trinajstić information content (AvgIpc) is 2.78. The van der Waals surface area contributed by atoms with E-state index in [2.05, 4.69) is 5.10 Å². The zero-order valence-corrected chi connectivity index (χ0v) is 13.1. The summed E-state index contributed by atoms with van der Waals surface area (Å²) in [6.45, 7) is 1.97. The first-order chi connectivity index (χ1) is 9.32. The van der Waals surface area contributed by atoms with Gasteiger partial charge < -0.3 is 0 Å². The first-order valence-electron chi connectivity index (χ1n) is 7.08. The molecule has 1 heterocycles. The molecular formula is C14H22N2O3S. The van der Waals surface area contributed by atoms with Crippen LogP contribution in [-0.2, 0) is 23.3 Å². The number of aromatic nitrogens is 2. The fourth-order valence-corrected chi connectivity index (χ4v) is 4.17. The van der Waals surface area contributed by atoms with Gasteiger partial charge in [0.05, 0.1) is 16.5 Å². The number of carbonyl (C=O) groups is 1. The van der Waals surface area contributed by atoms with Gasteiger partial charge in [-0.1, -0.05) is 13.3 Å². The molecule has 5 nitrogen and oxygen atoms in total. The van der Waals surface area contributed by atoms with E-state index in [9.17, 15) is 13.2 Å². The molecule has 1 aliphatic carbocycles. The van der Waals surface area contributed by atoms with Gasteiger partial charge in [-0.2, -0.15) is 5.10 Å². The molecule has 1 aromatic heterocycles. The third-order valence-corrected chi connectivity index (χ3v) is 5.75. The van der Waals surface area contributed by atoms with Gasteiger partial charge in [-0.15, -0.1) is 0 Å². The van der Waals surface area contributed by atoms with Crippen molar-refractivity contribution >= 4 is 15.6 Å². The predicted octanol–water partition coefficient (Wildman–Crippen LogP) is 1.77. The number of hydrogen-bond donors (Lipinski definition) is 0. The zero-order valence-electron chi connectivity index (χ0n) is 12.3. The third kappa shape index (κ3) is 3.11. The summed E-state index contributed by atoms with van der Waals surface area (Å²) < 4.78 is 25.0. The Bertz CT molecular complexity index is 604. The average molecular weight is 298 g/mol. The summed E-state index contributed by atoms with van der Waals surface area (Å²) in [4.78, 5) is 12.6. The van der Waals surface area contributed by atoms with Crippen LogP contribution in [0.1, 0.15) is 48.7 Å². The third-order valence-electron chi connectivity index (χ3n) is 4.11. The monoisotopic (exact) mass is 298 g/mol. The van der Waals surface area contributed by atoms with Gasteiger partial charge in [-0.05, 0) is 25.7 Å². The smallest absolute Gasteiger partial charge is 0.169 e. The number of ketones is 1. The summed E-state index contributed by atoms with van der Waals surface area (Å²) in [6.07, 6.45) is 6.45. The lowest BCUT2D eigenvalue weighted by Gasteiger charge is -2.26. The Morgan fingerprint density at radius 2 is 2.15 bits per heavy atom. The first kappa shape index (κ1) is 15.2. The summed E-state index contributed by atoms with van der Waals surface area (Å²) in [6, 6.07) is 0. The summed E-state index contributed by atoms with van der Waals surface area (Å²) in [5, 5.41) is 3.92. The topological polar surface area (TPSA) is 69.0 Å². The first-order valence-corrected chi connectivity index (χ1v) is 9.04. The molecule has 0 N–H and O–H groups in total. The van der Waals surface area contributed by atoms with Crippen LogP contribution in [0.4, 0.5) is 0 Å². The highest BCUT2D eigenvalue weighted by Gasteiger charge is 2.33. The van der Waals surface area contributed by atoms with Crippen molar-refractivity contribution in [1.29, 1.82) is 0 Å². The summed E-state index contributed by atoms with van der Waals surface area (Å²) >= 11 is 0. The maximum Gasteiger partial charge on any atom is 0.169 e. The normalized spacial score (nSPS) is 23.8. The van der Waals surface area contributed by atoms with E-state index in [4.69, 9.17) is 0 Å². The fourth-order valence-electron chi connectivity index (χ4n) is 2.99. The van der Waals surface area contributed by atoms with E-state index < -0.39 is 9.84 Å². The molecule has 2 rings (SSSR count). The molecule has 0 aromatic carbocycles. The molecule has 0 bridgehead atoms. The van der Waals surface area contributed by atoms with Crippen molar-refractivity contribution in [3.63, 3.8) is 0 Å². The van der Waals surface area contributed by atoms with Crippen molar-refractivity contribution in [1.82, 2.24) is 9.78 Å². The second kappa shape index (κ2) is 5.68. The molecule has 1 saturated carbocycles. The molecule has 2 unspecified atom stereocenters. The van der Waals surface area contributed by atoms with Crippen molar-refractivity contribution in [2.45, 2.75) is 44.3 Å². The Labute approximate surface area is 120 Å². The van der Waals surface area contributed by atoms with E-state index in [1.54, 1.807) is 17.9 Å². The van der Waals surface area contributed by atoms with E-state index in [-0.39, 0.29) is 17.0 Å². The maximum absolute atomic E-state index is 12.6. The number of aryl methyl sites for hydroxylation is 2. The van der Waals surface area contributed by atoms with Gasteiger partial charge >= 0.3 is 0 Å². The standard InChI is InChI=1S/C14H22N2O3S/c1-4-13-12(9-16(2)15-13)14(17)10-6-5-7-11(8-10)20(3,18)19/h9-11H,4-8H2,1-3H3. The van der Waals surface area contributed by atoms with Crippen LogP contribution >= 0.6 is 0 Å². The lowest BCUT2D eigenvalue weighted by molar-refractivity contribution is 0.0890. The van der Waals surface area contributed by atoms with Gasteiger partial charge in [-0.3, -0.25) is 9.48 Å². The van der Waals surface area contributed by atoms with Crippen LogP contribution in [0, 0.1) is 5.92 Å². The lowest BCUT2D eigenvalue weighted by atomic mass is 9.83. The number of nitrogens with zero attached hydrogens (tertiary/aromatic N) is 2. The van der Waals surface area contributed by atoms with Crippen molar-refractivity contribution < 1.29 is 13.2 Å². The van der Waals surface area contributed by atoms with Gasteiger partial charge in [0.15, 0.2) is 5.78 Å². The van der Waals surface area contributed by atoms with Gasteiger partial charge in [0.25, 0.3) is 0 Å². The van der Waals surface area contributed by atoms with Gasteiger partial charge in [0.2, 0.25) is 0 Å². The molecule has 0 aliphatic heterocycles. The van der Waals surface area contributed by atoms with E-state index in [0.717, 1.165) is 18.5 Å². The molecule has 2 atom stereocenters. The molecule has 1 aromatic rings. The second-order valence-electron chi connectivity index (χ2n) is 5.70. The van der Waals surface area contributed by atoms with Crippen molar-refractivity contribution in [3.05, 3.63) is 17.5 Å². The van der Waals surface area contributed by atoms with Crippen molar-refractivity contribution in [2.24, 2.45) is 13.0 Å². The molecule has 0 radical (unpaired) electrons.